The largest absolute Gasteiger partial charge is 0.544 e. The number of thioether (sulfide) groups is 1. The molecule has 0 unspecified atom stereocenters. The summed E-state index contributed by atoms with van der Waals surface area (Å²) in [5, 5.41) is 30.0. The summed E-state index contributed by atoms with van der Waals surface area (Å²) in [6.45, 7) is 3.45. The van der Waals surface area contributed by atoms with Crippen molar-refractivity contribution < 1.29 is 14.8 Å². The predicted octanol–water partition coefficient (Wildman–Crippen LogP) is 2.15. The summed E-state index contributed by atoms with van der Waals surface area (Å²) in [5.41, 5.74) is 0.931. The number of aryl methyl sites for hydroxylation is 1. The lowest BCUT2D eigenvalue weighted by Crippen LogP contribution is -2.29. The van der Waals surface area contributed by atoms with E-state index in [1.54, 1.807) is 12.1 Å². The molecule has 148 valence electrons. The average molecular weight is 402 g/mol. The Morgan fingerprint density at radius 1 is 1.36 bits per heavy atom. The molecule has 1 fully saturated rings. The number of nitro benzene ring substituents is 1. The number of carboxylic acids is 1. The van der Waals surface area contributed by atoms with Crippen molar-refractivity contribution in [2.45, 2.75) is 37.8 Å². The maximum atomic E-state index is 11.6. The fourth-order valence-electron chi connectivity index (χ4n) is 3.04. The zero-order chi connectivity index (χ0) is 20.1. The molecule has 0 amide bonds. The molecule has 3 rings (SSSR count). The second-order valence-corrected chi connectivity index (χ2v) is 7.38. The number of aromatic nitrogens is 3. The number of anilines is 1. The van der Waals surface area contributed by atoms with E-state index in [9.17, 15) is 20.0 Å². The molecule has 10 heteroatoms. The van der Waals surface area contributed by atoms with Gasteiger partial charge in [-0.05, 0) is 48.7 Å². The summed E-state index contributed by atoms with van der Waals surface area (Å²) in [7, 11) is 0. The molecule has 0 spiro atoms. The number of hydrogen-bond donors (Lipinski definition) is 1. The summed E-state index contributed by atoms with van der Waals surface area (Å²) >= 11 is 0.840. The van der Waals surface area contributed by atoms with Crippen molar-refractivity contribution in [1.29, 1.82) is 0 Å². The van der Waals surface area contributed by atoms with Crippen LogP contribution in [0.5, 0.6) is 0 Å². The second kappa shape index (κ2) is 8.87. The van der Waals surface area contributed by atoms with Gasteiger partial charge in [0.05, 0.1) is 10.9 Å². The van der Waals surface area contributed by atoms with Crippen molar-refractivity contribution >= 4 is 35.2 Å². The van der Waals surface area contributed by atoms with Gasteiger partial charge in [-0.3, -0.25) is 15.2 Å². The van der Waals surface area contributed by atoms with E-state index in [1.165, 1.54) is 12.1 Å². The number of nitro groups is 1. The highest BCUT2D eigenvalue weighted by Gasteiger charge is 2.21. The first kappa shape index (κ1) is 19.9. The van der Waals surface area contributed by atoms with E-state index in [-0.39, 0.29) is 15.7 Å². The van der Waals surface area contributed by atoms with E-state index in [4.69, 9.17) is 0 Å². The van der Waals surface area contributed by atoms with Crippen LogP contribution in [0.4, 0.5) is 11.4 Å². The van der Waals surface area contributed by atoms with E-state index in [0.717, 1.165) is 44.1 Å². The Morgan fingerprint density at radius 3 is 2.71 bits per heavy atom. The lowest BCUT2D eigenvalue weighted by Gasteiger charge is -2.28. The van der Waals surface area contributed by atoms with E-state index in [0.29, 0.717) is 23.5 Å². The van der Waals surface area contributed by atoms with E-state index < -0.39 is 10.9 Å². The molecule has 0 bridgehead atoms. The van der Waals surface area contributed by atoms with Crippen LogP contribution in [-0.4, -0.2) is 39.2 Å². The number of benzene rings is 1. The Bertz CT molecular complexity index is 905. The number of aliphatic carboxylic acids is 1. The Labute approximate surface area is 166 Å². The molecule has 1 saturated heterocycles. The molecule has 28 heavy (non-hydrogen) atoms. The van der Waals surface area contributed by atoms with Gasteiger partial charge in [0.2, 0.25) is 5.16 Å². The Kier molecular flexibility index (Phi) is 6.30. The van der Waals surface area contributed by atoms with Crippen molar-refractivity contribution in [1.82, 2.24) is 15.2 Å². The zero-order valence-electron chi connectivity index (χ0n) is 15.4. The molecule has 1 aliphatic heterocycles. The highest BCUT2D eigenvalue weighted by Crippen LogP contribution is 2.33. The summed E-state index contributed by atoms with van der Waals surface area (Å²) in [5.74, 6) is -0.752. The summed E-state index contributed by atoms with van der Waals surface area (Å²) in [6.07, 6.45) is 5.11. The van der Waals surface area contributed by atoms with Crippen LogP contribution in [-0.2, 0) is 11.2 Å². The molecule has 0 atom stereocenters. The first-order valence-electron chi connectivity index (χ1n) is 9.03. The normalized spacial score (nSPS) is 14.9. The van der Waals surface area contributed by atoms with Crippen LogP contribution in [0, 0.1) is 10.1 Å². The number of nitrogens with zero attached hydrogens (tertiary/aromatic N) is 4. The number of aromatic amines is 1. The summed E-state index contributed by atoms with van der Waals surface area (Å²) < 4.78 is 0. The first-order valence-corrected chi connectivity index (χ1v) is 9.85. The van der Waals surface area contributed by atoms with E-state index in [1.807, 2.05) is 11.8 Å². The van der Waals surface area contributed by atoms with Gasteiger partial charge >= 0.3 is 0 Å². The van der Waals surface area contributed by atoms with E-state index >= 15 is 0 Å². The highest BCUT2D eigenvalue weighted by atomic mass is 32.2. The molecule has 1 aromatic carbocycles. The standard InChI is InChI=1S/C18H21N5O4S/c1-2-16-19-18(21-20-16)28-15(17(24)25)11-12-6-7-13(14(10-12)23(26)27)22-8-4-3-5-9-22/h6-7,10-11H,2-5,8-9H2,1H3,(H,24,25)(H,19,20,21)/p-1/b15-11+. The van der Waals surface area contributed by atoms with Gasteiger partial charge in [0.1, 0.15) is 11.5 Å². The number of rotatable bonds is 7. The predicted molar refractivity (Wildman–Crippen MR) is 104 cm³/mol. The molecule has 2 aromatic rings. The van der Waals surface area contributed by atoms with Crippen molar-refractivity contribution in [2.75, 3.05) is 18.0 Å². The Hall–Kier alpha value is -2.88. The number of carboxylic acid groups (broad SMARTS) is 1. The van der Waals surface area contributed by atoms with Gasteiger partial charge in [0, 0.05) is 30.5 Å². The van der Waals surface area contributed by atoms with Crippen molar-refractivity contribution in [3.8, 4) is 0 Å². The van der Waals surface area contributed by atoms with Crippen LogP contribution < -0.4 is 10.0 Å². The minimum atomic E-state index is -1.39. The number of piperidine rings is 1. The first-order chi connectivity index (χ1) is 13.5. The molecule has 0 radical (unpaired) electrons. The topological polar surface area (TPSA) is 128 Å². The Balaban J connectivity index is 1.90. The van der Waals surface area contributed by atoms with Crippen LogP contribution in [0.25, 0.3) is 6.08 Å². The third kappa shape index (κ3) is 4.69. The monoisotopic (exact) mass is 402 g/mol. The lowest BCUT2D eigenvalue weighted by molar-refractivity contribution is -0.384. The maximum absolute atomic E-state index is 11.6. The molecule has 0 aliphatic carbocycles. The molecular formula is C18H20N5O4S-. The number of carbonyl (C=O) groups is 1. The van der Waals surface area contributed by atoms with Crippen molar-refractivity contribution in [3.63, 3.8) is 0 Å². The molecular weight excluding hydrogens is 382 g/mol. The number of hydrogen-bond acceptors (Lipinski definition) is 8. The van der Waals surface area contributed by atoms with Crippen LogP contribution >= 0.6 is 11.8 Å². The van der Waals surface area contributed by atoms with Gasteiger partial charge in [-0.1, -0.05) is 13.0 Å². The Morgan fingerprint density at radius 2 is 2.11 bits per heavy atom. The fourth-order valence-corrected chi connectivity index (χ4v) is 3.76. The van der Waals surface area contributed by atoms with Gasteiger partial charge in [-0.15, -0.1) is 5.10 Å². The molecule has 0 saturated carbocycles. The van der Waals surface area contributed by atoms with Crippen LogP contribution in [0.3, 0.4) is 0 Å². The second-order valence-electron chi connectivity index (χ2n) is 6.37. The fraction of sp³-hybridized carbons (Fsp3) is 0.389. The van der Waals surface area contributed by atoms with Crippen molar-refractivity contribution in [2.24, 2.45) is 0 Å². The van der Waals surface area contributed by atoms with Gasteiger partial charge < -0.3 is 14.8 Å². The summed E-state index contributed by atoms with van der Waals surface area (Å²) in [6, 6.07) is 4.74. The van der Waals surface area contributed by atoms with Gasteiger partial charge in [-0.2, -0.15) is 0 Å². The molecule has 2 heterocycles. The third-order valence-electron chi connectivity index (χ3n) is 4.44. The van der Waals surface area contributed by atoms with Crippen LogP contribution in [0.1, 0.15) is 37.6 Å². The summed E-state index contributed by atoms with van der Waals surface area (Å²) in [4.78, 5) is 28.7. The third-order valence-corrected chi connectivity index (χ3v) is 5.31. The quantitative estimate of drug-likeness (QED) is 0.323. The molecule has 1 aromatic heterocycles. The molecule has 9 nitrogen and oxygen atoms in total. The van der Waals surface area contributed by atoms with E-state index in [2.05, 4.69) is 15.2 Å². The molecule has 1 aliphatic rings. The number of H-pyrrole nitrogens is 1. The van der Waals surface area contributed by atoms with Gasteiger partial charge in [0.25, 0.3) is 5.69 Å². The van der Waals surface area contributed by atoms with Crippen LogP contribution in [0.2, 0.25) is 0 Å². The maximum Gasteiger partial charge on any atom is 0.293 e. The minimum absolute atomic E-state index is 0.0375. The van der Waals surface area contributed by atoms with Gasteiger partial charge in [0.15, 0.2) is 0 Å². The zero-order valence-corrected chi connectivity index (χ0v) is 16.2. The number of carbonyl (C=O) groups excluding carboxylic acids is 1. The average Bonchev–Trinajstić information content (AvgIpc) is 3.15. The highest BCUT2D eigenvalue weighted by molar-refractivity contribution is 8.04. The lowest BCUT2D eigenvalue weighted by atomic mass is 10.1. The van der Waals surface area contributed by atoms with Crippen LogP contribution in [0.15, 0.2) is 28.3 Å². The smallest absolute Gasteiger partial charge is 0.293 e. The molecule has 1 N–H and O–H groups in total. The van der Waals surface area contributed by atoms with Crippen molar-refractivity contribution in [3.05, 3.63) is 44.6 Å². The number of nitrogens with one attached hydrogen (secondary N) is 1. The minimum Gasteiger partial charge on any atom is -0.544 e. The SMILES string of the molecule is CCc1nc(S/C(=C/c2ccc(N3CCCCC3)c([N+](=O)[O-])c2)C(=O)[O-])n[nH]1. The van der Waals surface area contributed by atoms with Gasteiger partial charge in [-0.25, -0.2) is 4.98 Å².